The zero-order valence-corrected chi connectivity index (χ0v) is 11.3. The summed E-state index contributed by atoms with van der Waals surface area (Å²) in [6.07, 6.45) is -4.43. The summed E-state index contributed by atoms with van der Waals surface area (Å²) >= 11 is 12.0. The lowest BCUT2D eigenvalue weighted by atomic mass is 10.2. The monoisotopic (exact) mass is 380 g/mol. The van der Waals surface area contributed by atoms with Gasteiger partial charge in [0.1, 0.15) is 0 Å². The summed E-state index contributed by atoms with van der Waals surface area (Å²) in [5.41, 5.74) is 4.69. The van der Waals surface area contributed by atoms with E-state index in [4.69, 9.17) is 17.3 Å². The first-order chi connectivity index (χ1) is 7.21. The third kappa shape index (κ3) is 3.36. The van der Waals surface area contributed by atoms with E-state index < -0.39 is 11.7 Å². The summed E-state index contributed by atoms with van der Waals surface area (Å²) in [5, 5.41) is 2.39. The number of hydrogen-bond acceptors (Lipinski definition) is 1. The molecule has 1 aromatic carbocycles. The van der Waals surface area contributed by atoms with Crippen molar-refractivity contribution in [1.82, 2.24) is 0 Å². The van der Waals surface area contributed by atoms with Crippen molar-refractivity contribution >= 4 is 57.2 Å². The van der Waals surface area contributed by atoms with Crippen LogP contribution in [0.1, 0.15) is 5.56 Å². The number of halogens is 5. The summed E-state index contributed by atoms with van der Waals surface area (Å²) < 4.78 is 37.5. The second-order valence-electron chi connectivity index (χ2n) is 2.80. The van der Waals surface area contributed by atoms with Crippen LogP contribution in [0.4, 0.5) is 18.9 Å². The molecule has 0 heterocycles. The van der Waals surface area contributed by atoms with Crippen molar-refractivity contribution in [2.75, 3.05) is 5.32 Å². The van der Waals surface area contributed by atoms with Gasteiger partial charge >= 0.3 is 6.18 Å². The van der Waals surface area contributed by atoms with E-state index in [1.165, 1.54) is 0 Å². The summed E-state index contributed by atoms with van der Waals surface area (Å²) in [5.74, 6) is 0. The predicted octanol–water partition coefficient (Wildman–Crippen LogP) is 3.62. The molecule has 16 heavy (non-hydrogen) atoms. The SMILES string of the molecule is NC(=S)Nc1c(Cl)cc(C(F)(F)F)cc1I. The molecule has 0 saturated carbocycles. The second kappa shape index (κ2) is 4.92. The van der Waals surface area contributed by atoms with E-state index in [0.29, 0.717) is 3.57 Å². The molecule has 8 heteroatoms. The highest BCUT2D eigenvalue weighted by Crippen LogP contribution is 2.36. The van der Waals surface area contributed by atoms with Crippen LogP contribution in [0.15, 0.2) is 12.1 Å². The Labute approximate surface area is 113 Å². The molecule has 3 N–H and O–H groups in total. The Morgan fingerprint density at radius 1 is 1.44 bits per heavy atom. The number of rotatable bonds is 1. The van der Waals surface area contributed by atoms with Gasteiger partial charge in [0.2, 0.25) is 0 Å². The standard InChI is InChI=1S/C8H5ClF3IN2S/c9-4-1-3(8(10,11)12)2-5(13)6(4)15-7(14)16/h1-2H,(H3,14,15,16). The van der Waals surface area contributed by atoms with Gasteiger partial charge < -0.3 is 11.1 Å². The quantitative estimate of drug-likeness (QED) is 0.577. The van der Waals surface area contributed by atoms with Gasteiger partial charge in [0.25, 0.3) is 0 Å². The minimum Gasteiger partial charge on any atom is -0.376 e. The first-order valence-corrected chi connectivity index (χ1v) is 5.71. The third-order valence-corrected chi connectivity index (χ3v) is 2.87. The van der Waals surface area contributed by atoms with Crippen LogP contribution in [0.25, 0.3) is 0 Å². The minimum atomic E-state index is -4.43. The van der Waals surface area contributed by atoms with Gasteiger partial charge in [-0.1, -0.05) is 11.6 Å². The van der Waals surface area contributed by atoms with Crippen molar-refractivity contribution in [3.05, 3.63) is 26.3 Å². The maximum Gasteiger partial charge on any atom is 0.416 e. The highest BCUT2D eigenvalue weighted by atomic mass is 127. The molecule has 0 aliphatic heterocycles. The molecular formula is C8H5ClF3IN2S. The number of nitrogens with two attached hydrogens (primary N) is 1. The van der Waals surface area contributed by atoms with Crippen molar-refractivity contribution in [2.45, 2.75) is 6.18 Å². The highest BCUT2D eigenvalue weighted by molar-refractivity contribution is 14.1. The fourth-order valence-corrected chi connectivity index (χ4v) is 2.27. The van der Waals surface area contributed by atoms with E-state index in [-0.39, 0.29) is 15.8 Å². The van der Waals surface area contributed by atoms with Gasteiger partial charge in [0.15, 0.2) is 5.11 Å². The van der Waals surface area contributed by atoms with Gasteiger partial charge in [-0.2, -0.15) is 13.2 Å². The highest BCUT2D eigenvalue weighted by Gasteiger charge is 2.31. The molecule has 0 atom stereocenters. The van der Waals surface area contributed by atoms with Crippen molar-refractivity contribution in [3.63, 3.8) is 0 Å². The maximum absolute atomic E-state index is 12.4. The average molecular weight is 381 g/mol. The van der Waals surface area contributed by atoms with Crippen LogP contribution in [0, 0.1) is 3.57 Å². The lowest BCUT2D eigenvalue weighted by Crippen LogP contribution is -2.20. The van der Waals surface area contributed by atoms with E-state index >= 15 is 0 Å². The van der Waals surface area contributed by atoms with Gasteiger partial charge in [-0.3, -0.25) is 0 Å². The summed E-state index contributed by atoms with van der Waals surface area (Å²) in [7, 11) is 0. The number of alkyl halides is 3. The number of thiocarbonyl (C=S) groups is 1. The molecule has 1 aromatic rings. The average Bonchev–Trinajstić information content (AvgIpc) is 2.09. The lowest BCUT2D eigenvalue weighted by molar-refractivity contribution is -0.137. The Bertz CT molecular complexity index is 413. The van der Waals surface area contributed by atoms with Gasteiger partial charge in [0, 0.05) is 3.57 Å². The molecule has 0 radical (unpaired) electrons. The Hall–Kier alpha value is -0.280. The lowest BCUT2D eigenvalue weighted by Gasteiger charge is -2.13. The second-order valence-corrected chi connectivity index (χ2v) is 4.81. The normalized spacial score (nSPS) is 11.3. The molecule has 0 saturated heterocycles. The first kappa shape index (κ1) is 13.8. The van der Waals surface area contributed by atoms with Crippen LogP contribution in [-0.4, -0.2) is 5.11 Å². The van der Waals surface area contributed by atoms with E-state index in [0.717, 1.165) is 12.1 Å². The molecule has 0 aliphatic rings. The smallest absolute Gasteiger partial charge is 0.376 e. The molecule has 0 fully saturated rings. The molecule has 1 rings (SSSR count). The van der Waals surface area contributed by atoms with E-state index in [9.17, 15) is 13.2 Å². The zero-order chi connectivity index (χ0) is 12.5. The molecule has 0 bridgehead atoms. The summed E-state index contributed by atoms with van der Waals surface area (Å²) in [6.45, 7) is 0. The van der Waals surface area contributed by atoms with Crippen LogP contribution in [0.5, 0.6) is 0 Å². The van der Waals surface area contributed by atoms with Gasteiger partial charge in [-0.05, 0) is 46.9 Å². The Kier molecular flexibility index (Phi) is 4.24. The molecule has 0 amide bonds. The van der Waals surface area contributed by atoms with E-state index in [1.54, 1.807) is 22.6 Å². The first-order valence-electron chi connectivity index (χ1n) is 3.84. The predicted molar refractivity (Wildman–Crippen MR) is 69.6 cm³/mol. The van der Waals surface area contributed by atoms with Crippen molar-refractivity contribution < 1.29 is 13.2 Å². The van der Waals surface area contributed by atoms with Crippen LogP contribution in [-0.2, 0) is 6.18 Å². The fraction of sp³-hybridized carbons (Fsp3) is 0.125. The van der Waals surface area contributed by atoms with Gasteiger partial charge in [-0.25, -0.2) is 0 Å². The van der Waals surface area contributed by atoms with Crippen LogP contribution in [0.2, 0.25) is 5.02 Å². The molecule has 0 aliphatic carbocycles. The summed E-state index contributed by atoms with van der Waals surface area (Å²) in [6, 6.07) is 1.79. The number of benzene rings is 1. The number of nitrogens with one attached hydrogen (secondary N) is 1. The molecule has 0 spiro atoms. The Balaban J connectivity index is 3.23. The molecule has 2 nitrogen and oxygen atoms in total. The topological polar surface area (TPSA) is 38.0 Å². The minimum absolute atomic E-state index is 0.0559. The van der Waals surface area contributed by atoms with E-state index in [2.05, 4.69) is 17.5 Å². The largest absolute Gasteiger partial charge is 0.416 e. The van der Waals surface area contributed by atoms with E-state index in [1.807, 2.05) is 0 Å². The Morgan fingerprint density at radius 3 is 2.38 bits per heavy atom. The Morgan fingerprint density at radius 2 is 2.00 bits per heavy atom. The van der Waals surface area contributed by atoms with Crippen LogP contribution < -0.4 is 11.1 Å². The number of hydrogen-bond donors (Lipinski definition) is 2. The zero-order valence-electron chi connectivity index (χ0n) is 7.53. The van der Waals surface area contributed by atoms with Crippen molar-refractivity contribution in [3.8, 4) is 0 Å². The molecular weight excluding hydrogens is 376 g/mol. The maximum atomic E-state index is 12.4. The molecule has 0 aromatic heterocycles. The fourth-order valence-electron chi connectivity index (χ4n) is 0.979. The summed E-state index contributed by atoms with van der Waals surface area (Å²) in [4.78, 5) is 0. The number of anilines is 1. The van der Waals surface area contributed by atoms with Crippen molar-refractivity contribution in [1.29, 1.82) is 0 Å². The van der Waals surface area contributed by atoms with Crippen LogP contribution in [0.3, 0.4) is 0 Å². The van der Waals surface area contributed by atoms with Crippen LogP contribution >= 0.6 is 46.4 Å². The molecule has 0 unspecified atom stereocenters. The van der Waals surface area contributed by atoms with Gasteiger partial charge in [-0.15, -0.1) is 0 Å². The van der Waals surface area contributed by atoms with Crippen molar-refractivity contribution in [2.24, 2.45) is 5.73 Å². The van der Waals surface area contributed by atoms with Gasteiger partial charge in [0.05, 0.1) is 16.3 Å². The molecule has 88 valence electrons. The third-order valence-electron chi connectivity index (χ3n) is 1.62.